The molecule has 27 heavy (non-hydrogen) atoms. The highest BCUT2D eigenvalue weighted by Crippen LogP contribution is 2.34. The zero-order chi connectivity index (χ0) is 19.2. The molecule has 0 aliphatic rings. The van der Waals surface area contributed by atoms with Crippen LogP contribution in [0.25, 0.3) is 0 Å². The first-order valence-corrected chi connectivity index (χ1v) is 9.17. The van der Waals surface area contributed by atoms with Crippen molar-refractivity contribution in [3.8, 4) is 5.75 Å². The molecule has 3 heteroatoms. The van der Waals surface area contributed by atoms with E-state index < -0.39 is 0 Å². The second-order valence-corrected chi connectivity index (χ2v) is 6.81. The van der Waals surface area contributed by atoms with Crippen molar-refractivity contribution in [3.05, 3.63) is 101 Å². The fourth-order valence-electron chi connectivity index (χ4n) is 3.27. The van der Waals surface area contributed by atoms with Gasteiger partial charge in [-0.25, -0.2) is 0 Å². The monoisotopic (exact) mass is 359 g/mol. The summed E-state index contributed by atoms with van der Waals surface area (Å²) in [6, 6.07) is 23.4. The lowest BCUT2D eigenvalue weighted by molar-refractivity contribution is 0.269. The molecule has 2 N–H and O–H groups in total. The van der Waals surface area contributed by atoms with Crippen molar-refractivity contribution in [3.63, 3.8) is 0 Å². The molecule has 0 saturated carbocycles. The number of phenolic OH excluding ortho intramolecular Hbond substituents is 1. The Kier molecular flexibility index (Phi) is 6.05. The van der Waals surface area contributed by atoms with Crippen LogP contribution in [0.2, 0.25) is 0 Å². The van der Waals surface area contributed by atoms with E-state index in [0.717, 1.165) is 22.3 Å². The predicted molar refractivity (Wildman–Crippen MR) is 111 cm³/mol. The van der Waals surface area contributed by atoms with Crippen molar-refractivity contribution < 1.29 is 10.2 Å². The third-order valence-electron chi connectivity index (χ3n) is 4.83. The molecule has 0 aromatic heterocycles. The summed E-state index contributed by atoms with van der Waals surface area (Å²) in [4.78, 5) is 4.52. The molecule has 3 aromatic rings. The SMILES string of the molecule is Cc1cc(C=N[C@@H](CO)c2ccccc2)c(O)c([C@@H](C)c2ccccc2)c1. The summed E-state index contributed by atoms with van der Waals surface area (Å²) in [5.41, 5.74) is 4.71. The topological polar surface area (TPSA) is 52.8 Å². The van der Waals surface area contributed by atoms with Gasteiger partial charge in [0.15, 0.2) is 0 Å². The van der Waals surface area contributed by atoms with Crippen LogP contribution in [0.1, 0.15) is 46.7 Å². The first-order chi connectivity index (χ1) is 13.1. The minimum atomic E-state index is -0.346. The maximum atomic E-state index is 10.8. The summed E-state index contributed by atoms with van der Waals surface area (Å²) >= 11 is 0. The lowest BCUT2D eigenvalue weighted by Gasteiger charge is -2.17. The molecule has 0 heterocycles. The highest BCUT2D eigenvalue weighted by Gasteiger charge is 2.16. The first kappa shape index (κ1) is 18.9. The fourth-order valence-corrected chi connectivity index (χ4v) is 3.27. The summed E-state index contributed by atoms with van der Waals surface area (Å²) in [5.74, 6) is 0.312. The third-order valence-corrected chi connectivity index (χ3v) is 4.83. The lowest BCUT2D eigenvalue weighted by Crippen LogP contribution is -2.03. The zero-order valence-electron chi connectivity index (χ0n) is 15.7. The minimum Gasteiger partial charge on any atom is -0.507 e. The number of benzene rings is 3. The number of hydrogen-bond donors (Lipinski definition) is 2. The molecular weight excluding hydrogens is 334 g/mol. The van der Waals surface area contributed by atoms with Crippen molar-refractivity contribution in [1.29, 1.82) is 0 Å². The summed E-state index contributed by atoms with van der Waals surface area (Å²) < 4.78 is 0. The summed E-state index contributed by atoms with van der Waals surface area (Å²) in [5, 5.41) is 20.5. The molecule has 0 radical (unpaired) electrons. The summed E-state index contributed by atoms with van der Waals surface area (Å²) in [6.07, 6.45) is 1.66. The number of nitrogens with zero attached hydrogens (tertiary/aromatic N) is 1. The van der Waals surface area contributed by atoms with Gasteiger partial charge in [0.05, 0.1) is 12.6 Å². The maximum Gasteiger partial charge on any atom is 0.128 e. The van der Waals surface area contributed by atoms with E-state index in [4.69, 9.17) is 0 Å². The zero-order valence-corrected chi connectivity index (χ0v) is 15.7. The van der Waals surface area contributed by atoms with Gasteiger partial charge in [0.1, 0.15) is 5.75 Å². The molecule has 2 atom stereocenters. The number of aryl methyl sites for hydroxylation is 1. The Morgan fingerprint density at radius 3 is 2.11 bits per heavy atom. The molecule has 3 aromatic carbocycles. The molecule has 0 amide bonds. The van der Waals surface area contributed by atoms with Crippen LogP contribution in [-0.2, 0) is 0 Å². The van der Waals surface area contributed by atoms with Crippen LogP contribution >= 0.6 is 0 Å². The van der Waals surface area contributed by atoms with Crippen LogP contribution in [0, 0.1) is 6.92 Å². The first-order valence-electron chi connectivity index (χ1n) is 9.17. The van der Waals surface area contributed by atoms with E-state index in [9.17, 15) is 10.2 Å². The van der Waals surface area contributed by atoms with Crippen molar-refractivity contribution in [2.75, 3.05) is 6.61 Å². The molecule has 0 spiro atoms. The number of hydrogen-bond acceptors (Lipinski definition) is 3. The number of aliphatic hydroxyl groups excluding tert-OH is 1. The Morgan fingerprint density at radius 2 is 1.52 bits per heavy atom. The second kappa shape index (κ2) is 8.65. The molecule has 0 fully saturated rings. The van der Waals surface area contributed by atoms with Crippen LogP contribution in [0.15, 0.2) is 77.8 Å². The van der Waals surface area contributed by atoms with Gasteiger partial charge in [-0.1, -0.05) is 73.7 Å². The van der Waals surface area contributed by atoms with Crippen LogP contribution in [0.3, 0.4) is 0 Å². The van der Waals surface area contributed by atoms with Crippen molar-refractivity contribution in [2.24, 2.45) is 4.99 Å². The molecule has 3 nitrogen and oxygen atoms in total. The Balaban J connectivity index is 1.93. The fraction of sp³-hybridized carbons (Fsp3) is 0.208. The molecule has 0 saturated heterocycles. The van der Waals surface area contributed by atoms with E-state index in [2.05, 4.69) is 24.0 Å². The second-order valence-electron chi connectivity index (χ2n) is 6.81. The maximum absolute atomic E-state index is 10.8. The Labute approximate surface area is 160 Å². The molecule has 0 aliphatic carbocycles. The van der Waals surface area contributed by atoms with Crippen LogP contribution in [0.5, 0.6) is 5.75 Å². The molecule has 0 unspecified atom stereocenters. The Morgan fingerprint density at radius 1 is 0.926 bits per heavy atom. The number of aliphatic hydroxyl groups is 1. The van der Waals surface area contributed by atoms with Gasteiger partial charge in [-0.05, 0) is 29.7 Å². The van der Waals surface area contributed by atoms with Crippen molar-refractivity contribution in [2.45, 2.75) is 25.8 Å². The van der Waals surface area contributed by atoms with Gasteiger partial charge in [-0.2, -0.15) is 0 Å². The van der Waals surface area contributed by atoms with Gasteiger partial charge in [-0.15, -0.1) is 0 Å². The number of rotatable bonds is 6. The number of phenols is 1. The van der Waals surface area contributed by atoms with Gasteiger partial charge >= 0.3 is 0 Å². The van der Waals surface area contributed by atoms with Crippen LogP contribution < -0.4 is 0 Å². The molecular formula is C24H25NO2. The predicted octanol–water partition coefficient (Wildman–Crippen LogP) is 5.00. The molecule has 0 bridgehead atoms. The normalized spacial score (nSPS) is 13.6. The Bertz CT molecular complexity index is 904. The van der Waals surface area contributed by atoms with Gasteiger partial charge in [0.2, 0.25) is 0 Å². The van der Waals surface area contributed by atoms with Gasteiger partial charge in [-0.3, -0.25) is 4.99 Å². The van der Waals surface area contributed by atoms with E-state index in [1.165, 1.54) is 0 Å². The molecule has 0 aliphatic heterocycles. The molecule has 3 rings (SSSR count). The van der Waals surface area contributed by atoms with Crippen molar-refractivity contribution >= 4 is 6.21 Å². The van der Waals surface area contributed by atoms with E-state index in [1.54, 1.807) is 6.21 Å². The highest BCUT2D eigenvalue weighted by molar-refractivity contribution is 5.85. The minimum absolute atomic E-state index is 0.0704. The highest BCUT2D eigenvalue weighted by atomic mass is 16.3. The van der Waals surface area contributed by atoms with Gasteiger partial charge in [0.25, 0.3) is 0 Å². The average molecular weight is 359 g/mol. The quantitative estimate of drug-likeness (QED) is 0.608. The summed E-state index contributed by atoms with van der Waals surface area (Å²) in [7, 11) is 0. The standard InChI is InChI=1S/C24H25NO2/c1-17-13-21(15-25-23(16-26)20-11-7-4-8-12-20)24(27)22(14-17)18(2)19-9-5-3-6-10-19/h3-15,18,23,26-27H,16H2,1-2H3/t18-,23-/m0/s1. The number of aliphatic imine (C=N–C) groups is 1. The van der Waals surface area contributed by atoms with Gasteiger partial charge < -0.3 is 10.2 Å². The van der Waals surface area contributed by atoms with Crippen LogP contribution in [0.4, 0.5) is 0 Å². The van der Waals surface area contributed by atoms with Crippen molar-refractivity contribution in [1.82, 2.24) is 0 Å². The van der Waals surface area contributed by atoms with Gasteiger partial charge in [0, 0.05) is 23.3 Å². The van der Waals surface area contributed by atoms with E-state index in [1.807, 2.05) is 67.6 Å². The lowest BCUT2D eigenvalue weighted by atomic mass is 9.90. The van der Waals surface area contributed by atoms with Crippen LogP contribution in [-0.4, -0.2) is 23.0 Å². The van der Waals surface area contributed by atoms with E-state index >= 15 is 0 Å². The number of aromatic hydroxyl groups is 1. The average Bonchev–Trinajstić information content (AvgIpc) is 2.71. The smallest absolute Gasteiger partial charge is 0.128 e. The summed E-state index contributed by atoms with van der Waals surface area (Å²) in [6.45, 7) is 4.02. The third kappa shape index (κ3) is 4.44. The van der Waals surface area contributed by atoms with E-state index in [-0.39, 0.29) is 24.3 Å². The molecule has 138 valence electrons. The van der Waals surface area contributed by atoms with E-state index in [0.29, 0.717) is 5.56 Å². The Hall–Kier alpha value is -2.91. The largest absolute Gasteiger partial charge is 0.507 e.